The highest BCUT2D eigenvalue weighted by Crippen LogP contribution is 2.43. The van der Waals surface area contributed by atoms with Gasteiger partial charge in [0.2, 0.25) is 12.5 Å². The van der Waals surface area contributed by atoms with E-state index >= 15 is 0 Å². The second-order valence-electron chi connectivity index (χ2n) is 5.30. The van der Waals surface area contributed by atoms with Crippen LogP contribution < -0.4 is 18.9 Å². The van der Waals surface area contributed by atoms with E-state index in [9.17, 15) is 0 Å². The number of thiol groups is 1. The third-order valence-electron chi connectivity index (χ3n) is 3.91. The Balaban J connectivity index is 1.82. The summed E-state index contributed by atoms with van der Waals surface area (Å²) in [5.41, 5.74) is 2.47. The van der Waals surface area contributed by atoms with Gasteiger partial charge in [0.05, 0.1) is 31.8 Å². The molecule has 0 fully saturated rings. The summed E-state index contributed by atoms with van der Waals surface area (Å²) >= 11 is 4.45. The highest BCUT2D eigenvalue weighted by molar-refractivity contribution is 7.80. The second kappa shape index (κ2) is 6.21. The van der Waals surface area contributed by atoms with E-state index in [0.29, 0.717) is 23.0 Å². The molecule has 1 aromatic heterocycles. The molecule has 0 bridgehead atoms. The predicted molar refractivity (Wildman–Crippen MR) is 93.3 cm³/mol. The first kappa shape index (κ1) is 15.6. The molecule has 2 aromatic carbocycles. The molecule has 3 aromatic rings. The summed E-state index contributed by atoms with van der Waals surface area (Å²) in [6.07, 6.45) is 1.69. The minimum atomic E-state index is 0.168. The van der Waals surface area contributed by atoms with Crippen molar-refractivity contribution in [2.45, 2.75) is 4.90 Å². The second-order valence-corrected chi connectivity index (χ2v) is 5.78. The van der Waals surface area contributed by atoms with E-state index in [1.54, 1.807) is 25.1 Å². The maximum Gasteiger partial charge on any atom is 0.231 e. The molecule has 0 aliphatic carbocycles. The van der Waals surface area contributed by atoms with Gasteiger partial charge in [0.15, 0.2) is 11.5 Å². The Morgan fingerprint density at radius 1 is 1.08 bits per heavy atom. The third-order valence-corrected chi connectivity index (χ3v) is 4.26. The number of nitrogens with zero attached hydrogens (tertiary/aromatic N) is 3. The van der Waals surface area contributed by atoms with Crippen molar-refractivity contribution in [3.05, 3.63) is 36.5 Å². The van der Waals surface area contributed by atoms with Crippen LogP contribution in [0.2, 0.25) is 0 Å². The lowest BCUT2D eigenvalue weighted by Crippen LogP contribution is -2.00. The fraction of sp³-hybridized carbons (Fsp3) is 0.176. The van der Waals surface area contributed by atoms with Crippen molar-refractivity contribution in [3.63, 3.8) is 0 Å². The molecule has 0 spiro atoms. The molecule has 128 valence electrons. The van der Waals surface area contributed by atoms with Gasteiger partial charge in [-0.3, -0.25) is 0 Å². The molecule has 0 N–H and O–H groups in total. The van der Waals surface area contributed by atoms with E-state index in [-0.39, 0.29) is 6.79 Å². The molecule has 0 unspecified atom stereocenters. The smallest absolute Gasteiger partial charge is 0.231 e. The highest BCUT2D eigenvalue weighted by atomic mass is 32.1. The van der Waals surface area contributed by atoms with Gasteiger partial charge in [0.1, 0.15) is 5.75 Å². The van der Waals surface area contributed by atoms with Crippen molar-refractivity contribution in [2.75, 3.05) is 21.0 Å². The summed E-state index contributed by atoms with van der Waals surface area (Å²) < 4.78 is 23.3. The average molecular weight is 357 g/mol. The molecule has 8 heteroatoms. The van der Waals surface area contributed by atoms with Crippen LogP contribution in [0.1, 0.15) is 0 Å². The number of hydrogen-bond donors (Lipinski definition) is 1. The Labute approximate surface area is 149 Å². The Morgan fingerprint density at radius 3 is 2.68 bits per heavy atom. The number of benzene rings is 2. The zero-order chi connectivity index (χ0) is 17.4. The van der Waals surface area contributed by atoms with E-state index in [2.05, 4.69) is 22.9 Å². The van der Waals surface area contributed by atoms with E-state index in [4.69, 9.17) is 18.9 Å². The van der Waals surface area contributed by atoms with Gasteiger partial charge in [-0.05, 0) is 18.2 Å². The van der Waals surface area contributed by atoms with Crippen LogP contribution >= 0.6 is 12.6 Å². The predicted octanol–water partition coefficient (Wildman–Crippen LogP) is 2.97. The van der Waals surface area contributed by atoms with E-state index in [1.807, 2.05) is 30.3 Å². The minimum absolute atomic E-state index is 0.168. The molecule has 4 rings (SSSR count). The van der Waals surface area contributed by atoms with Crippen LogP contribution in [0.25, 0.3) is 16.9 Å². The van der Waals surface area contributed by atoms with Crippen molar-refractivity contribution in [2.24, 2.45) is 0 Å². The zero-order valence-corrected chi connectivity index (χ0v) is 14.5. The molecule has 2 heterocycles. The Morgan fingerprint density at radius 2 is 1.92 bits per heavy atom. The van der Waals surface area contributed by atoms with Crippen molar-refractivity contribution in [1.29, 1.82) is 0 Å². The normalized spacial score (nSPS) is 12.3. The first-order chi connectivity index (χ1) is 12.2. The first-order valence-electron chi connectivity index (χ1n) is 7.47. The molecule has 25 heavy (non-hydrogen) atoms. The monoisotopic (exact) mass is 357 g/mol. The Kier molecular flexibility index (Phi) is 3.89. The van der Waals surface area contributed by atoms with Crippen LogP contribution in [0.3, 0.4) is 0 Å². The molecule has 0 radical (unpaired) electrons. The Bertz CT molecular complexity index is 942. The molecular weight excluding hydrogens is 342 g/mol. The quantitative estimate of drug-likeness (QED) is 0.724. The van der Waals surface area contributed by atoms with Crippen molar-refractivity contribution < 1.29 is 18.9 Å². The van der Waals surface area contributed by atoms with Gasteiger partial charge in [-0.15, -0.1) is 17.7 Å². The fourth-order valence-corrected chi connectivity index (χ4v) is 3.01. The lowest BCUT2D eigenvalue weighted by molar-refractivity contribution is 0.171. The number of ether oxygens (including phenoxy) is 4. The van der Waals surface area contributed by atoms with Gasteiger partial charge < -0.3 is 18.9 Å². The van der Waals surface area contributed by atoms with Crippen molar-refractivity contribution in [1.82, 2.24) is 15.0 Å². The summed E-state index contributed by atoms with van der Waals surface area (Å²) in [6, 6.07) is 9.36. The summed E-state index contributed by atoms with van der Waals surface area (Å²) in [4.78, 5) is 0.732. The SMILES string of the molecule is COc1ccc(-c2cnnn2-c2cc(OC)c3c(c2)OCO3)cc1S. The fourth-order valence-electron chi connectivity index (χ4n) is 2.71. The van der Waals surface area contributed by atoms with Crippen LogP contribution in [0.4, 0.5) is 0 Å². The molecule has 0 atom stereocenters. The topological polar surface area (TPSA) is 67.6 Å². The first-order valence-corrected chi connectivity index (χ1v) is 7.92. The lowest BCUT2D eigenvalue weighted by Gasteiger charge is -2.11. The molecule has 1 aliphatic heterocycles. The molecule has 0 amide bonds. The number of fused-ring (bicyclic) bond motifs is 1. The molecule has 1 aliphatic rings. The maximum absolute atomic E-state index is 5.48. The van der Waals surface area contributed by atoms with Crippen LogP contribution in [0.15, 0.2) is 41.4 Å². The van der Waals surface area contributed by atoms with Crippen LogP contribution in [0, 0.1) is 0 Å². The average Bonchev–Trinajstić information content (AvgIpc) is 3.29. The van der Waals surface area contributed by atoms with Gasteiger partial charge in [0, 0.05) is 22.6 Å². The maximum atomic E-state index is 5.48. The van der Waals surface area contributed by atoms with Gasteiger partial charge in [-0.2, -0.15) is 0 Å². The van der Waals surface area contributed by atoms with Crippen LogP contribution in [0.5, 0.6) is 23.0 Å². The van der Waals surface area contributed by atoms with Crippen LogP contribution in [-0.4, -0.2) is 36.0 Å². The number of aromatic nitrogens is 3. The number of hydrogen-bond acceptors (Lipinski definition) is 7. The third kappa shape index (κ3) is 2.64. The lowest BCUT2D eigenvalue weighted by atomic mass is 10.1. The molecule has 7 nitrogen and oxygen atoms in total. The van der Waals surface area contributed by atoms with Crippen molar-refractivity contribution in [3.8, 4) is 39.9 Å². The van der Waals surface area contributed by atoms with Gasteiger partial charge in [-0.25, -0.2) is 4.68 Å². The molecular formula is C17H15N3O4S. The summed E-state index contributed by atoms with van der Waals surface area (Å²) in [5.74, 6) is 2.49. The van der Waals surface area contributed by atoms with E-state index in [1.165, 1.54) is 0 Å². The molecule has 0 saturated heterocycles. The highest BCUT2D eigenvalue weighted by Gasteiger charge is 2.22. The van der Waals surface area contributed by atoms with Gasteiger partial charge >= 0.3 is 0 Å². The summed E-state index contributed by atoms with van der Waals surface area (Å²) in [5, 5.41) is 8.23. The molecule has 0 saturated carbocycles. The minimum Gasteiger partial charge on any atom is -0.496 e. The largest absolute Gasteiger partial charge is 0.496 e. The standard InChI is InChI=1S/C17H15N3O4S/c1-21-13-4-3-10(5-16(13)25)12-8-18-19-20(12)11-6-14(22-2)17-15(7-11)23-9-24-17/h3-8,25H,9H2,1-2H3. The van der Waals surface area contributed by atoms with Gasteiger partial charge in [0.25, 0.3) is 0 Å². The summed E-state index contributed by atoms with van der Waals surface area (Å²) in [6.45, 7) is 0.168. The number of methoxy groups -OCH3 is 2. The van der Waals surface area contributed by atoms with E-state index in [0.717, 1.165) is 21.8 Å². The zero-order valence-electron chi connectivity index (χ0n) is 13.6. The van der Waals surface area contributed by atoms with Crippen molar-refractivity contribution >= 4 is 12.6 Å². The van der Waals surface area contributed by atoms with Gasteiger partial charge in [-0.1, -0.05) is 5.21 Å². The van der Waals surface area contributed by atoms with Crippen LogP contribution in [-0.2, 0) is 0 Å². The van der Waals surface area contributed by atoms with E-state index < -0.39 is 0 Å². The number of rotatable bonds is 4. The summed E-state index contributed by atoms with van der Waals surface area (Å²) in [7, 11) is 3.19. The Hall–Kier alpha value is -2.87.